The van der Waals surface area contributed by atoms with Crippen LogP contribution in [0.15, 0.2) is 18.2 Å². The van der Waals surface area contributed by atoms with Crippen LogP contribution in [0.2, 0.25) is 0 Å². The Morgan fingerprint density at radius 3 is 2.11 bits per heavy atom. The number of nitrogens with two attached hydrogens (primary N) is 1. The monoisotopic (exact) mass is 244 g/mol. The van der Waals surface area contributed by atoms with Crippen LogP contribution in [0, 0.1) is 13.8 Å². The van der Waals surface area contributed by atoms with Gasteiger partial charge in [0.25, 0.3) is 0 Å². The van der Waals surface area contributed by atoms with Gasteiger partial charge in [-0.3, -0.25) is 0 Å². The van der Waals surface area contributed by atoms with E-state index in [4.69, 9.17) is 5.73 Å². The first-order valence-corrected chi connectivity index (χ1v) is 6.09. The number of hydrogen-bond donors (Lipinski definition) is 1. The number of anilines is 1. The number of nitrogen functional groups attached to an aromatic ring is 1. The number of hydrogen-bond acceptors (Lipinski definition) is 3. The van der Waals surface area contributed by atoms with Crippen molar-refractivity contribution in [1.82, 2.24) is 15.0 Å². The van der Waals surface area contributed by atoms with E-state index in [0.29, 0.717) is 5.82 Å². The minimum absolute atomic E-state index is 0.0920. The van der Waals surface area contributed by atoms with E-state index in [1.54, 1.807) is 0 Å². The Balaban J connectivity index is 2.65. The molecule has 1 aromatic heterocycles. The fourth-order valence-corrected chi connectivity index (χ4v) is 2.25. The van der Waals surface area contributed by atoms with E-state index in [0.717, 1.165) is 11.4 Å². The molecule has 0 unspecified atom stereocenters. The molecule has 0 fully saturated rings. The van der Waals surface area contributed by atoms with Gasteiger partial charge in [-0.2, -0.15) is 0 Å². The van der Waals surface area contributed by atoms with Crippen LogP contribution >= 0.6 is 0 Å². The van der Waals surface area contributed by atoms with Crippen molar-refractivity contribution in [3.8, 4) is 5.69 Å². The minimum atomic E-state index is -0.0920. The molecule has 0 amide bonds. The summed E-state index contributed by atoms with van der Waals surface area (Å²) >= 11 is 0. The summed E-state index contributed by atoms with van der Waals surface area (Å²) in [5, 5.41) is 8.19. The van der Waals surface area contributed by atoms with Crippen LogP contribution in [0.25, 0.3) is 5.69 Å². The molecule has 2 aromatic rings. The first kappa shape index (κ1) is 12.6. The smallest absolute Gasteiger partial charge is 0.170 e. The van der Waals surface area contributed by atoms with Crippen LogP contribution in [0.5, 0.6) is 0 Å². The van der Waals surface area contributed by atoms with E-state index in [9.17, 15) is 0 Å². The maximum atomic E-state index is 5.95. The molecule has 0 bridgehead atoms. The fourth-order valence-electron chi connectivity index (χ4n) is 2.25. The van der Waals surface area contributed by atoms with Crippen LogP contribution in [0.3, 0.4) is 0 Å². The average molecular weight is 244 g/mol. The van der Waals surface area contributed by atoms with Crippen molar-refractivity contribution in [1.29, 1.82) is 0 Å². The number of aromatic nitrogens is 3. The van der Waals surface area contributed by atoms with Gasteiger partial charge in [0.05, 0.1) is 11.4 Å². The molecule has 0 aliphatic rings. The summed E-state index contributed by atoms with van der Waals surface area (Å²) in [6.07, 6.45) is 0. The number of aryl methyl sites for hydroxylation is 2. The van der Waals surface area contributed by atoms with E-state index in [1.165, 1.54) is 11.1 Å². The van der Waals surface area contributed by atoms with Crippen LogP contribution < -0.4 is 5.73 Å². The zero-order chi connectivity index (χ0) is 13.5. The van der Waals surface area contributed by atoms with Gasteiger partial charge in [0.2, 0.25) is 0 Å². The maximum absolute atomic E-state index is 5.95. The Morgan fingerprint density at radius 1 is 1.06 bits per heavy atom. The van der Waals surface area contributed by atoms with Crippen molar-refractivity contribution in [3.05, 3.63) is 35.0 Å². The van der Waals surface area contributed by atoms with Crippen molar-refractivity contribution < 1.29 is 0 Å². The third kappa shape index (κ3) is 2.23. The van der Waals surface area contributed by atoms with Gasteiger partial charge in [-0.05, 0) is 37.1 Å². The van der Waals surface area contributed by atoms with Gasteiger partial charge in [0, 0.05) is 5.41 Å². The number of rotatable bonds is 1. The van der Waals surface area contributed by atoms with Gasteiger partial charge in [-0.1, -0.05) is 32.1 Å². The summed E-state index contributed by atoms with van der Waals surface area (Å²) in [4.78, 5) is 0. The summed E-state index contributed by atoms with van der Waals surface area (Å²) in [5.74, 6) is 0.502. The summed E-state index contributed by atoms with van der Waals surface area (Å²) in [6.45, 7) is 10.5. The molecule has 0 aliphatic heterocycles. The molecule has 1 aromatic carbocycles. The average Bonchev–Trinajstić information content (AvgIpc) is 2.57. The van der Waals surface area contributed by atoms with E-state index < -0.39 is 0 Å². The molecule has 2 rings (SSSR count). The predicted molar refractivity (Wildman–Crippen MR) is 73.9 cm³/mol. The highest BCUT2D eigenvalue weighted by atomic mass is 15.4. The second-order valence-electron chi connectivity index (χ2n) is 5.83. The molecule has 0 saturated heterocycles. The molecule has 0 radical (unpaired) electrons. The third-order valence-electron chi connectivity index (χ3n) is 2.86. The zero-order valence-corrected chi connectivity index (χ0v) is 11.7. The lowest BCUT2D eigenvalue weighted by atomic mass is 9.91. The summed E-state index contributed by atoms with van der Waals surface area (Å²) < 4.78 is 1.84. The van der Waals surface area contributed by atoms with E-state index in [-0.39, 0.29) is 5.41 Å². The zero-order valence-electron chi connectivity index (χ0n) is 11.7. The quantitative estimate of drug-likeness (QED) is 0.839. The highest BCUT2D eigenvalue weighted by molar-refractivity contribution is 5.46. The van der Waals surface area contributed by atoms with Gasteiger partial charge in [0.15, 0.2) is 5.82 Å². The Hall–Kier alpha value is -1.84. The van der Waals surface area contributed by atoms with Crippen molar-refractivity contribution in [2.75, 3.05) is 5.73 Å². The first-order valence-electron chi connectivity index (χ1n) is 6.09. The van der Waals surface area contributed by atoms with Gasteiger partial charge >= 0.3 is 0 Å². The van der Waals surface area contributed by atoms with Crippen LogP contribution in [-0.2, 0) is 5.41 Å². The molecule has 0 spiro atoms. The fraction of sp³-hybridized carbons (Fsp3) is 0.429. The number of benzene rings is 1. The maximum Gasteiger partial charge on any atom is 0.170 e. The lowest BCUT2D eigenvalue weighted by Crippen LogP contribution is -2.19. The van der Waals surface area contributed by atoms with E-state index in [1.807, 2.05) is 4.68 Å². The SMILES string of the molecule is Cc1cc(C)cc(-n2nnc(N)c2C(C)(C)C)c1. The Bertz CT molecular complexity index is 556. The minimum Gasteiger partial charge on any atom is -0.381 e. The summed E-state index contributed by atoms with van der Waals surface area (Å²) in [5.41, 5.74) is 10.2. The molecule has 0 aliphatic carbocycles. The second kappa shape index (κ2) is 4.12. The van der Waals surface area contributed by atoms with Crippen molar-refractivity contribution in [2.24, 2.45) is 0 Å². The molecular formula is C14H20N4. The lowest BCUT2D eigenvalue weighted by Gasteiger charge is -2.20. The van der Waals surface area contributed by atoms with Gasteiger partial charge < -0.3 is 5.73 Å². The van der Waals surface area contributed by atoms with Crippen molar-refractivity contribution >= 4 is 5.82 Å². The molecule has 0 atom stereocenters. The molecule has 1 heterocycles. The second-order valence-corrected chi connectivity index (χ2v) is 5.83. The Kier molecular flexibility index (Phi) is 2.89. The molecular weight excluding hydrogens is 224 g/mol. The largest absolute Gasteiger partial charge is 0.381 e. The standard InChI is InChI=1S/C14H20N4/c1-9-6-10(2)8-11(7-9)18-12(14(3,4)5)13(15)16-17-18/h6-8H,15H2,1-5H3. The van der Waals surface area contributed by atoms with Gasteiger partial charge in [-0.25, -0.2) is 4.68 Å². The molecule has 2 N–H and O–H groups in total. The van der Waals surface area contributed by atoms with Gasteiger partial charge in [-0.15, -0.1) is 5.10 Å². The highest BCUT2D eigenvalue weighted by Gasteiger charge is 2.24. The number of nitrogens with zero attached hydrogens (tertiary/aromatic N) is 3. The van der Waals surface area contributed by atoms with Crippen molar-refractivity contribution in [3.63, 3.8) is 0 Å². The van der Waals surface area contributed by atoms with Crippen molar-refractivity contribution in [2.45, 2.75) is 40.0 Å². The van der Waals surface area contributed by atoms with Gasteiger partial charge in [0.1, 0.15) is 0 Å². The van der Waals surface area contributed by atoms with Crippen LogP contribution in [0.4, 0.5) is 5.82 Å². The Labute approximate surface area is 108 Å². The molecule has 18 heavy (non-hydrogen) atoms. The molecule has 96 valence electrons. The lowest BCUT2D eigenvalue weighted by molar-refractivity contribution is 0.544. The highest BCUT2D eigenvalue weighted by Crippen LogP contribution is 2.28. The summed E-state index contributed by atoms with van der Waals surface area (Å²) in [7, 11) is 0. The van der Waals surface area contributed by atoms with E-state index in [2.05, 4.69) is 63.1 Å². The molecule has 4 heteroatoms. The Morgan fingerprint density at radius 2 is 1.61 bits per heavy atom. The summed E-state index contributed by atoms with van der Waals surface area (Å²) in [6, 6.07) is 6.33. The van der Waals surface area contributed by atoms with E-state index >= 15 is 0 Å². The third-order valence-corrected chi connectivity index (χ3v) is 2.86. The predicted octanol–water partition coefficient (Wildman–Crippen LogP) is 2.76. The normalized spacial score (nSPS) is 11.8. The first-order chi connectivity index (χ1) is 8.29. The molecule has 4 nitrogen and oxygen atoms in total. The van der Waals surface area contributed by atoms with Crippen LogP contribution in [0.1, 0.15) is 37.6 Å². The molecule has 0 saturated carbocycles. The topological polar surface area (TPSA) is 56.7 Å². The van der Waals surface area contributed by atoms with Crippen LogP contribution in [-0.4, -0.2) is 15.0 Å².